The molecule has 1 heterocycles. The Morgan fingerprint density at radius 2 is 2.24 bits per heavy atom. The van der Waals surface area contributed by atoms with Gasteiger partial charge in [-0.25, -0.2) is 0 Å². The van der Waals surface area contributed by atoms with Gasteiger partial charge in [0, 0.05) is 13.1 Å². The van der Waals surface area contributed by atoms with Crippen LogP contribution in [0.5, 0.6) is 0 Å². The standard InChI is InChI=1S/C9H14F3NO4/c10-9(11,12)6-16-5-8(15)13-1-2-17-7(3-13)4-14/h7,14H,1-6H2. The topological polar surface area (TPSA) is 59.0 Å². The maximum absolute atomic E-state index is 11.8. The van der Waals surface area contributed by atoms with Crippen LogP contribution in [0, 0.1) is 0 Å². The van der Waals surface area contributed by atoms with Crippen LogP contribution in [-0.2, 0) is 14.3 Å². The second-order valence-electron chi connectivity index (χ2n) is 3.62. The highest BCUT2D eigenvalue weighted by Gasteiger charge is 2.29. The van der Waals surface area contributed by atoms with Gasteiger partial charge in [0.15, 0.2) is 0 Å². The van der Waals surface area contributed by atoms with Crippen molar-refractivity contribution < 1.29 is 32.5 Å². The van der Waals surface area contributed by atoms with Crippen molar-refractivity contribution in [2.75, 3.05) is 39.5 Å². The molecule has 100 valence electrons. The number of carbonyl (C=O) groups is 1. The highest BCUT2D eigenvalue weighted by Crippen LogP contribution is 2.14. The van der Waals surface area contributed by atoms with Crippen molar-refractivity contribution in [2.24, 2.45) is 0 Å². The number of amides is 1. The molecule has 0 bridgehead atoms. The molecule has 1 fully saturated rings. The van der Waals surface area contributed by atoms with E-state index in [0.717, 1.165) is 0 Å². The zero-order chi connectivity index (χ0) is 12.9. The summed E-state index contributed by atoms with van der Waals surface area (Å²) in [6, 6.07) is 0. The van der Waals surface area contributed by atoms with Gasteiger partial charge in [-0.15, -0.1) is 0 Å². The van der Waals surface area contributed by atoms with E-state index in [0.29, 0.717) is 6.54 Å². The van der Waals surface area contributed by atoms with Gasteiger partial charge in [-0.2, -0.15) is 13.2 Å². The third kappa shape index (κ3) is 5.33. The molecule has 1 atom stereocenters. The monoisotopic (exact) mass is 257 g/mol. The molecule has 0 radical (unpaired) electrons. The summed E-state index contributed by atoms with van der Waals surface area (Å²) in [5, 5.41) is 8.83. The number of carbonyl (C=O) groups excluding carboxylic acids is 1. The number of rotatable bonds is 4. The fourth-order valence-corrected chi connectivity index (χ4v) is 1.40. The minimum absolute atomic E-state index is 0.171. The first-order valence-corrected chi connectivity index (χ1v) is 5.07. The molecular weight excluding hydrogens is 243 g/mol. The van der Waals surface area contributed by atoms with Crippen LogP contribution in [0.2, 0.25) is 0 Å². The predicted molar refractivity (Wildman–Crippen MR) is 50.3 cm³/mol. The Morgan fingerprint density at radius 3 is 2.82 bits per heavy atom. The molecule has 1 rings (SSSR count). The molecule has 1 saturated heterocycles. The number of morpholine rings is 1. The SMILES string of the molecule is O=C(COCC(F)(F)F)N1CCOC(CO)C1. The molecule has 1 unspecified atom stereocenters. The van der Waals surface area contributed by atoms with Crippen LogP contribution in [0.25, 0.3) is 0 Å². The summed E-state index contributed by atoms with van der Waals surface area (Å²) in [4.78, 5) is 12.8. The molecule has 0 aliphatic carbocycles. The Kier molecular flexibility index (Phi) is 5.16. The van der Waals surface area contributed by atoms with Crippen LogP contribution in [-0.4, -0.2) is 67.7 Å². The van der Waals surface area contributed by atoms with E-state index in [1.807, 2.05) is 0 Å². The van der Waals surface area contributed by atoms with Crippen LogP contribution in [0.3, 0.4) is 0 Å². The molecule has 5 nitrogen and oxygen atoms in total. The van der Waals surface area contributed by atoms with Crippen molar-refractivity contribution in [3.8, 4) is 0 Å². The number of halogens is 3. The van der Waals surface area contributed by atoms with Gasteiger partial charge in [0.25, 0.3) is 0 Å². The van der Waals surface area contributed by atoms with Crippen molar-refractivity contribution in [1.29, 1.82) is 0 Å². The van der Waals surface area contributed by atoms with Gasteiger partial charge in [-0.05, 0) is 0 Å². The van der Waals surface area contributed by atoms with Gasteiger partial charge in [0.1, 0.15) is 13.2 Å². The van der Waals surface area contributed by atoms with E-state index in [1.54, 1.807) is 0 Å². The van der Waals surface area contributed by atoms with E-state index in [4.69, 9.17) is 9.84 Å². The number of nitrogens with zero attached hydrogens (tertiary/aromatic N) is 1. The van der Waals surface area contributed by atoms with Gasteiger partial charge in [-0.3, -0.25) is 4.79 Å². The average Bonchev–Trinajstić information content (AvgIpc) is 2.27. The largest absolute Gasteiger partial charge is 0.411 e. The number of alkyl halides is 3. The van der Waals surface area contributed by atoms with Gasteiger partial charge in [0.2, 0.25) is 5.91 Å². The number of ether oxygens (including phenoxy) is 2. The van der Waals surface area contributed by atoms with Crippen LogP contribution in [0.15, 0.2) is 0 Å². The van der Waals surface area contributed by atoms with E-state index < -0.39 is 31.4 Å². The van der Waals surface area contributed by atoms with Crippen LogP contribution in [0.1, 0.15) is 0 Å². The molecule has 1 aliphatic heterocycles. The quantitative estimate of drug-likeness (QED) is 0.756. The Balaban J connectivity index is 2.27. The Hall–Kier alpha value is -0.860. The summed E-state index contributed by atoms with van der Waals surface area (Å²) in [7, 11) is 0. The van der Waals surface area contributed by atoms with Crippen molar-refractivity contribution >= 4 is 5.91 Å². The molecule has 1 N–H and O–H groups in total. The summed E-state index contributed by atoms with van der Waals surface area (Å²) >= 11 is 0. The van der Waals surface area contributed by atoms with Gasteiger partial charge in [-0.1, -0.05) is 0 Å². The Morgan fingerprint density at radius 1 is 1.53 bits per heavy atom. The molecule has 1 amide bonds. The number of aliphatic hydroxyl groups is 1. The van der Waals surface area contributed by atoms with Crippen LogP contribution in [0.4, 0.5) is 13.2 Å². The molecule has 0 aromatic heterocycles. The van der Waals surface area contributed by atoms with Crippen molar-refractivity contribution in [2.45, 2.75) is 12.3 Å². The number of aliphatic hydroxyl groups excluding tert-OH is 1. The lowest BCUT2D eigenvalue weighted by atomic mass is 10.3. The van der Waals surface area contributed by atoms with E-state index in [1.165, 1.54) is 4.90 Å². The molecule has 17 heavy (non-hydrogen) atoms. The Bertz CT molecular complexity index is 259. The zero-order valence-electron chi connectivity index (χ0n) is 9.07. The predicted octanol–water partition coefficient (Wildman–Crippen LogP) is -0.215. The fraction of sp³-hybridized carbons (Fsp3) is 0.889. The second-order valence-corrected chi connectivity index (χ2v) is 3.62. The summed E-state index contributed by atoms with van der Waals surface area (Å²) in [6.07, 6.45) is -4.91. The van der Waals surface area contributed by atoms with Crippen molar-refractivity contribution in [1.82, 2.24) is 4.90 Å². The maximum atomic E-state index is 11.8. The number of hydrogen-bond donors (Lipinski definition) is 1. The smallest absolute Gasteiger partial charge is 0.394 e. The van der Waals surface area contributed by atoms with Crippen LogP contribution < -0.4 is 0 Å². The molecule has 0 aromatic rings. The fourth-order valence-electron chi connectivity index (χ4n) is 1.40. The molecule has 0 saturated carbocycles. The van der Waals surface area contributed by atoms with Crippen molar-refractivity contribution in [3.63, 3.8) is 0 Å². The highest BCUT2D eigenvalue weighted by molar-refractivity contribution is 5.77. The van der Waals surface area contributed by atoms with E-state index in [-0.39, 0.29) is 19.8 Å². The lowest BCUT2D eigenvalue weighted by Gasteiger charge is -2.32. The first-order valence-electron chi connectivity index (χ1n) is 5.07. The second kappa shape index (κ2) is 6.18. The maximum Gasteiger partial charge on any atom is 0.411 e. The summed E-state index contributed by atoms with van der Waals surface area (Å²) in [6.45, 7) is -1.55. The lowest BCUT2D eigenvalue weighted by molar-refractivity contribution is -0.179. The lowest BCUT2D eigenvalue weighted by Crippen LogP contribution is -2.48. The van der Waals surface area contributed by atoms with Gasteiger partial charge >= 0.3 is 6.18 Å². The third-order valence-corrected chi connectivity index (χ3v) is 2.19. The van der Waals surface area contributed by atoms with Crippen molar-refractivity contribution in [3.05, 3.63) is 0 Å². The minimum atomic E-state index is -4.43. The molecule has 1 aliphatic rings. The Labute approximate surface area is 96.1 Å². The minimum Gasteiger partial charge on any atom is -0.394 e. The third-order valence-electron chi connectivity index (χ3n) is 2.19. The molecular formula is C9H14F3NO4. The molecule has 8 heteroatoms. The average molecular weight is 257 g/mol. The first-order chi connectivity index (χ1) is 7.92. The summed E-state index contributed by atoms with van der Waals surface area (Å²) in [5.41, 5.74) is 0. The normalized spacial score (nSPS) is 21.6. The highest BCUT2D eigenvalue weighted by atomic mass is 19.4. The van der Waals surface area contributed by atoms with Gasteiger partial charge < -0.3 is 19.5 Å². The number of hydrogen-bond acceptors (Lipinski definition) is 4. The summed E-state index contributed by atoms with van der Waals surface area (Å²) < 4.78 is 44.6. The van der Waals surface area contributed by atoms with E-state index in [9.17, 15) is 18.0 Å². The van der Waals surface area contributed by atoms with Crippen LogP contribution >= 0.6 is 0 Å². The molecule has 0 spiro atoms. The van der Waals surface area contributed by atoms with Gasteiger partial charge in [0.05, 0.1) is 19.3 Å². The zero-order valence-corrected chi connectivity index (χ0v) is 9.07. The van der Waals surface area contributed by atoms with E-state index in [2.05, 4.69) is 4.74 Å². The van der Waals surface area contributed by atoms with E-state index >= 15 is 0 Å². The first kappa shape index (κ1) is 14.2. The summed E-state index contributed by atoms with van der Waals surface area (Å²) in [5.74, 6) is -0.531. The molecule has 0 aromatic carbocycles.